The fourth-order valence-electron chi connectivity index (χ4n) is 5.06. The molecule has 0 aliphatic carbocycles. The van der Waals surface area contributed by atoms with Crippen LogP contribution in [0.2, 0.25) is 0 Å². The summed E-state index contributed by atoms with van der Waals surface area (Å²) in [5.74, 6) is -0.0846. The third-order valence-corrected chi connectivity index (χ3v) is 9.19. The van der Waals surface area contributed by atoms with E-state index in [1.807, 2.05) is 0 Å². The molecule has 49 heavy (non-hydrogen) atoms. The number of rotatable bonds is 9. The zero-order chi connectivity index (χ0) is 34.1. The molecule has 0 aliphatic rings. The topological polar surface area (TPSA) is 224 Å². The molecule has 0 spiro atoms. The Bertz CT molecular complexity index is 2340. The normalized spacial score (nSPS) is 12.2. The van der Waals surface area contributed by atoms with Crippen molar-refractivity contribution >= 4 is 64.8 Å². The van der Waals surface area contributed by atoms with E-state index in [0.29, 0.717) is 33.2 Å². The molecule has 0 bridgehead atoms. The number of fused-ring (bicyclic) bond motifs is 2. The van der Waals surface area contributed by atoms with Crippen molar-refractivity contribution in [3.05, 3.63) is 108 Å². The molecule has 2 heterocycles. The van der Waals surface area contributed by atoms with Crippen LogP contribution in [0.1, 0.15) is 11.1 Å². The third-order valence-electron chi connectivity index (χ3n) is 7.32. The second-order valence-electron chi connectivity index (χ2n) is 10.4. The Morgan fingerprint density at radius 1 is 0.551 bits per heavy atom. The maximum absolute atomic E-state index is 12.3. The number of benzene rings is 4. The number of pyridine rings is 2. The Balaban J connectivity index is 0.00000468. The smallest absolute Gasteiger partial charge is 0.506 e. The number of phenolic OH excluding ortho intramolecular Hbond substituents is 2. The van der Waals surface area contributed by atoms with Crippen molar-refractivity contribution in [1.82, 2.24) is 9.97 Å². The molecule has 242 valence electrons. The molecule has 6 rings (SSSR count). The number of aromatic hydroxyl groups is 2. The fraction of sp³-hybridized carbons (Fsp3) is 0.0625. The molecule has 0 radical (unpaired) electrons. The number of nitrogens with zero attached hydrogens (tertiary/aromatic N) is 6. The summed E-state index contributed by atoms with van der Waals surface area (Å²) >= 11 is 0. The van der Waals surface area contributed by atoms with E-state index >= 15 is 0 Å². The summed E-state index contributed by atoms with van der Waals surface area (Å²) in [6.07, 6.45) is 2.93. The van der Waals surface area contributed by atoms with Gasteiger partial charge in [-0.05, 0) is 96.8 Å². The molecule has 4 aromatic carbocycles. The number of aromatic nitrogens is 2. The minimum Gasteiger partial charge on any atom is -0.506 e. The summed E-state index contributed by atoms with van der Waals surface area (Å²) in [4.78, 5) is 7.34. The van der Waals surface area contributed by atoms with E-state index in [2.05, 4.69) is 30.4 Å². The standard InChI is InChI=1S/C32H24N6O8S2.Na/c39-27-13-11-25(23-3-1-15-33-31(23)27)37-35-21-9-7-19(29(17-21)47(41,42)43)5-6-20-8-10-22(18-30(20)48(44,45)46)36-38-26-12-14-28(40)32-24(26)4-2-16-34-32;/h1-4,7-18,39-40H,5-6H2,(H,41,42,43)(H,44,45,46);/q;+1. The number of phenols is 2. The first-order chi connectivity index (χ1) is 22.9. The van der Waals surface area contributed by atoms with Crippen LogP contribution >= 0.6 is 0 Å². The van der Waals surface area contributed by atoms with Crippen LogP contribution < -0.4 is 29.6 Å². The molecule has 0 unspecified atom stereocenters. The molecule has 0 amide bonds. The first-order valence-electron chi connectivity index (χ1n) is 14.1. The van der Waals surface area contributed by atoms with Crippen molar-refractivity contribution in [2.75, 3.05) is 0 Å². The largest absolute Gasteiger partial charge is 1.00 e. The van der Waals surface area contributed by atoms with E-state index < -0.39 is 30.0 Å². The van der Waals surface area contributed by atoms with E-state index in [4.69, 9.17) is 0 Å². The minimum atomic E-state index is -4.74. The Labute approximate surface area is 301 Å². The van der Waals surface area contributed by atoms with E-state index in [1.54, 1.807) is 24.3 Å². The molecule has 0 saturated heterocycles. The Kier molecular flexibility index (Phi) is 10.5. The van der Waals surface area contributed by atoms with Crippen LogP contribution in [-0.2, 0) is 33.1 Å². The van der Waals surface area contributed by atoms with Gasteiger partial charge in [-0.2, -0.15) is 27.1 Å². The van der Waals surface area contributed by atoms with Crippen molar-refractivity contribution < 1.29 is 65.7 Å². The first kappa shape index (κ1) is 35.6. The fourth-order valence-corrected chi connectivity index (χ4v) is 6.60. The second kappa shape index (κ2) is 14.4. The van der Waals surface area contributed by atoms with Gasteiger partial charge in [0.05, 0.1) is 32.5 Å². The summed E-state index contributed by atoms with van der Waals surface area (Å²) in [6.45, 7) is 0. The second-order valence-corrected chi connectivity index (χ2v) is 13.2. The van der Waals surface area contributed by atoms with Gasteiger partial charge in [0.15, 0.2) is 0 Å². The molecular weight excluding hydrogens is 684 g/mol. The van der Waals surface area contributed by atoms with Gasteiger partial charge in [0.2, 0.25) is 0 Å². The summed E-state index contributed by atoms with van der Waals surface area (Å²) in [6, 6.07) is 20.6. The Morgan fingerprint density at radius 2 is 0.959 bits per heavy atom. The van der Waals surface area contributed by atoms with Crippen molar-refractivity contribution in [3.63, 3.8) is 0 Å². The van der Waals surface area contributed by atoms with Gasteiger partial charge in [-0.25, -0.2) is 0 Å². The van der Waals surface area contributed by atoms with E-state index in [1.165, 1.54) is 60.9 Å². The zero-order valence-electron chi connectivity index (χ0n) is 25.6. The average molecular weight is 708 g/mol. The van der Waals surface area contributed by atoms with Crippen molar-refractivity contribution in [3.8, 4) is 11.5 Å². The summed E-state index contributed by atoms with van der Waals surface area (Å²) < 4.78 is 69.3. The first-order valence-corrected chi connectivity index (χ1v) is 16.9. The van der Waals surface area contributed by atoms with Crippen LogP contribution in [0, 0.1) is 0 Å². The van der Waals surface area contributed by atoms with Crippen molar-refractivity contribution in [2.24, 2.45) is 20.5 Å². The van der Waals surface area contributed by atoms with Gasteiger partial charge in [-0.1, -0.05) is 12.1 Å². The SMILES string of the molecule is O=S(=O)(O)c1cc(N=Nc2ccc(O)c3ncccc23)ccc1CCc1ccc(N=Nc2ccc(O)c3ncccc23)cc1S(=O)(=O)O.[Na+]. The molecule has 0 fully saturated rings. The number of aryl methyl sites for hydroxylation is 2. The van der Waals surface area contributed by atoms with Gasteiger partial charge >= 0.3 is 29.6 Å². The predicted molar refractivity (Wildman–Crippen MR) is 175 cm³/mol. The van der Waals surface area contributed by atoms with Crippen LogP contribution in [0.25, 0.3) is 21.8 Å². The van der Waals surface area contributed by atoms with Crippen LogP contribution in [0.4, 0.5) is 22.7 Å². The molecule has 2 aromatic heterocycles. The number of hydrogen-bond acceptors (Lipinski definition) is 12. The summed E-state index contributed by atoms with van der Waals surface area (Å²) in [5, 5.41) is 37.7. The Hall–Kier alpha value is -4.68. The van der Waals surface area contributed by atoms with Crippen LogP contribution in [0.5, 0.6) is 11.5 Å². The van der Waals surface area contributed by atoms with Gasteiger partial charge < -0.3 is 10.2 Å². The molecule has 6 aromatic rings. The van der Waals surface area contributed by atoms with E-state index in [0.717, 1.165) is 12.1 Å². The van der Waals surface area contributed by atoms with E-state index in [-0.39, 0.29) is 76.4 Å². The van der Waals surface area contributed by atoms with Gasteiger partial charge in [0, 0.05) is 23.2 Å². The molecular formula is C32H24N6NaO8S2+. The molecule has 0 atom stereocenters. The third kappa shape index (κ3) is 7.97. The maximum atomic E-state index is 12.3. The monoisotopic (exact) mass is 707 g/mol. The number of azo groups is 2. The summed E-state index contributed by atoms with van der Waals surface area (Å²) in [7, 11) is -9.48. The van der Waals surface area contributed by atoms with Gasteiger partial charge in [0.1, 0.15) is 22.5 Å². The van der Waals surface area contributed by atoms with Crippen LogP contribution in [0.15, 0.2) is 128 Å². The molecule has 17 heteroatoms. The molecule has 0 saturated carbocycles. The quantitative estimate of drug-likeness (QED) is 0.0946. The molecule has 0 aliphatic heterocycles. The number of hydrogen-bond donors (Lipinski definition) is 4. The van der Waals surface area contributed by atoms with Gasteiger partial charge in [-0.3, -0.25) is 19.1 Å². The Morgan fingerprint density at radius 3 is 1.35 bits per heavy atom. The van der Waals surface area contributed by atoms with Crippen LogP contribution in [0.3, 0.4) is 0 Å². The minimum absolute atomic E-state index is 0. The average Bonchev–Trinajstić information content (AvgIpc) is 3.06. The van der Waals surface area contributed by atoms with Crippen molar-refractivity contribution in [1.29, 1.82) is 0 Å². The van der Waals surface area contributed by atoms with Gasteiger partial charge in [0.25, 0.3) is 20.2 Å². The summed E-state index contributed by atoms with van der Waals surface area (Å²) in [5.41, 5.74) is 1.87. The van der Waals surface area contributed by atoms with Crippen LogP contribution in [-0.4, -0.2) is 46.1 Å². The zero-order valence-corrected chi connectivity index (χ0v) is 29.2. The van der Waals surface area contributed by atoms with Crippen molar-refractivity contribution in [2.45, 2.75) is 22.6 Å². The molecule has 4 N–H and O–H groups in total. The molecule has 14 nitrogen and oxygen atoms in total. The van der Waals surface area contributed by atoms with E-state index in [9.17, 15) is 36.2 Å². The van der Waals surface area contributed by atoms with Gasteiger partial charge in [-0.15, -0.1) is 10.2 Å². The predicted octanol–water partition coefficient (Wildman–Crippen LogP) is 4.31. The maximum Gasteiger partial charge on any atom is 1.00 e.